The average Bonchev–Trinajstić information content (AvgIpc) is 3.24. The van der Waals surface area contributed by atoms with Crippen molar-refractivity contribution < 1.29 is 13.5 Å². The fourth-order valence-corrected chi connectivity index (χ4v) is 2.69. The van der Waals surface area contributed by atoms with E-state index in [2.05, 4.69) is 36.7 Å². The van der Waals surface area contributed by atoms with Crippen LogP contribution in [0.1, 0.15) is 0 Å². The molecule has 0 aliphatic carbocycles. The van der Waals surface area contributed by atoms with Gasteiger partial charge in [-0.15, -0.1) is 0 Å². The maximum Gasteiger partial charge on any atom is 0.446 e. The van der Waals surface area contributed by atoms with Crippen LogP contribution in [0, 0.1) is 5.82 Å². The number of anilines is 2. The highest BCUT2D eigenvalue weighted by Crippen LogP contribution is 2.27. The summed E-state index contributed by atoms with van der Waals surface area (Å²) >= 11 is 3.09. The van der Waals surface area contributed by atoms with Crippen LogP contribution < -0.4 is 11.1 Å². The van der Waals surface area contributed by atoms with E-state index in [1.54, 1.807) is 0 Å². The average molecular weight is 418 g/mol. The third-order valence-corrected chi connectivity index (χ3v) is 4.11. The summed E-state index contributed by atoms with van der Waals surface area (Å²) in [4.78, 5) is 12.1. The van der Waals surface area contributed by atoms with Crippen molar-refractivity contribution in [2.45, 2.75) is 0 Å². The Kier molecular flexibility index (Phi) is 4.09. The Labute approximate surface area is 153 Å². The molecule has 0 aliphatic heterocycles. The van der Waals surface area contributed by atoms with Crippen molar-refractivity contribution in [2.75, 3.05) is 5.32 Å². The van der Waals surface area contributed by atoms with Crippen LogP contribution in [-0.4, -0.2) is 20.0 Å². The van der Waals surface area contributed by atoms with E-state index in [1.807, 2.05) is 30.3 Å². The molecule has 0 saturated carbocycles. The van der Waals surface area contributed by atoms with E-state index in [9.17, 15) is 9.18 Å². The maximum atomic E-state index is 13.5. The maximum absolute atomic E-state index is 13.5. The number of nitrogens with one attached hydrogen (secondary N) is 1. The first-order chi connectivity index (χ1) is 12.6. The van der Waals surface area contributed by atoms with E-state index >= 15 is 0 Å². The topological polar surface area (TPSA) is 99.0 Å². The summed E-state index contributed by atoms with van der Waals surface area (Å²) in [6.07, 6.45) is 0. The SMILES string of the molecule is O=c1onc(-c2nonc2Nc2ccccc2)n1-c1ccc(F)c(Br)c1. The monoisotopic (exact) mass is 417 g/mol. The number of halogens is 2. The van der Waals surface area contributed by atoms with E-state index in [0.717, 1.165) is 10.3 Å². The summed E-state index contributed by atoms with van der Waals surface area (Å²) in [5, 5.41) is 14.4. The van der Waals surface area contributed by atoms with Crippen LogP contribution in [0.25, 0.3) is 17.2 Å². The zero-order chi connectivity index (χ0) is 18.1. The van der Waals surface area contributed by atoms with Crippen LogP contribution in [0.5, 0.6) is 0 Å². The zero-order valence-electron chi connectivity index (χ0n) is 12.9. The second kappa shape index (κ2) is 6.56. The fourth-order valence-electron chi connectivity index (χ4n) is 2.33. The van der Waals surface area contributed by atoms with Gasteiger partial charge in [-0.25, -0.2) is 18.4 Å². The molecule has 4 aromatic rings. The molecule has 0 unspecified atom stereocenters. The highest BCUT2D eigenvalue weighted by molar-refractivity contribution is 9.10. The molecule has 0 atom stereocenters. The number of hydrogen-bond donors (Lipinski definition) is 1. The van der Waals surface area contributed by atoms with Gasteiger partial charge in [0, 0.05) is 5.69 Å². The van der Waals surface area contributed by atoms with Gasteiger partial charge in [-0.1, -0.05) is 23.4 Å². The van der Waals surface area contributed by atoms with Gasteiger partial charge in [-0.05, 0) is 56.6 Å². The number of rotatable bonds is 4. The van der Waals surface area contributed by atoms with E-state index in [4.69, 9.17) is 9.15 Å². The Balaban J connectivity index is 1.80. The van der Waals surface area contributed by atoms with Gasteiger partial charge in [-0.2, -0.15) is 0 Å². The summed E-state index contributed by atoms with van der Waals surface area (Å²) in [6.45, 7) is 0. The van der Waals surface area contributed by atoms with Crippen LogP contribution >= 0.6 is 15.9 Å². The van der Waals surface area contributed by atoms with Crippen molar-refractivity contribution in [3.63, 3.8) is 0 Å². The third-order valence-electron chi connectivity index (χ3n) is 3.50. The fraction of sp³-hybridized carbons (Fsp3) is 0. The molecule has 0 amide bonds. The molecule has 130 valence electrons. The summed E-state index contributed by atoms with van der Waals surface area (Å²) in [7, 11) is 0. The summed E-state index contributed by atoms with van der Waals surface area (Å²) in [5.41, 5.74) is 1.25. The van der Waals surface area contributed by atoms with E-state index in [0.29, 0.717) is 5.69 Å². The number of benzene rings is 2. The Morgan fingerprint density at radius 3 is 2.65 bits per heavy atom. The van der Waals surface area contributed by atoms with Gasteiger partial charge in [0.25, 0.3) is 0 Å². The van der Waals surface area contributed by atoms with Crippen molar-refractivity contribution in [3.8, 4) is 17.2 Å². The summed E-state index contributed by atoms with van der Waals surface area (Å²) in [6, 6.07) is 13.3. The van der Waals surface area contributed by atoms with Crippen LogP contribution in [0.2, 0.25) is 0 Å². The largest absolute Gasteiger partial charge is 0.446 e. The lowest BCUT2D eigenvalue weighted by Gasteiger charge is -2.05. The van der Waals surface area contributed by atoms with Gasteiger partial charge >= 0.3 is 5.76 Å². The van der Waals surface area contributed by atoms with Crippen molar-refractivity contribution in [2.24, 2.45) is 0 Å². The second-order valence-corrected chi connectivity index (χ2v) is 6.01. The molecule has 8 nitrogen and oxygen atoms in total. The molecule has 0 bridgehead atoms. The van der Waals surface area contributed by atoms with Gasteiger partial charge in [0.2, 0.25) is 11.6 Å². The highest BCUT2D eigenvalue weighted by Gasteiger charge is 2.23. The Hall–Kier alpha value is -3.27. The van der Waals surface area contributed by atoms with Gasteiger partial charge in [0.05, 0.1) is 10.2 Å². The Morgan fingerprint density at radius 2 is 1.88 bits per heavy atom. The minimum absolute atomic E-state index is 0.0631. The molecular formula is C16H9BrFN5O3. The Bertz CT molecular complexity index is 1120. The van der Waals surface area contributed by atoms with Gasteiger partial charge in [-0.3, -0.25) is 4.52 Å². The molecule has 0 spiro atoms. The molecule has 2 aromatic carbocycles. The lowest BCUT2D eigenvalue weighted by molar-refractivity contribution is 0.309. The van der Waals surface area contributed by atoms with Crippen LogP contribution in [0.3, 0.4) is 0 Å². The van der Waals surface area contributed by atoms with Gasteiger partial charge in [0.1, 0.15) is 5.82 Å². The summed E-state index contributed by atoms with van der Waals surface area (Å²) in [5.74, 6) is -0.908. The molecule has 0 saturated heterocycles. The number of nitrogens with zero attached hydrogens (tertiary/aromatic N) is 4. The standard InChI is InChI=1S/C16H9BrFN5O3/c17-11-8-10(6-7-12(11)18)23-15(22-25-16(23)24)13-14(21-26-20-13)19-9-4-2-1-3-5-9/h1-8H,(H,19,21). The van der Waals surface area contributed by atoms with Crippen LogP contribution in [0.4, 0.5) is 15.9 Å². The first-order valence-electron chi connectivity index (χ1n) is 7.32. The van der Waals surface area contributed by atoms with Crippen molar-refractivity contribution in [1.29, 1.82) is 0 Å². The quantitative estimate of drug-likeness (QED) is 0.542. The molecular weight excluding hydrogens is 409 g/mol. The van der Waals surface area contributed by atoms with Crippen LogP contribution in [-0.2, 0) is 0 Å². The van der Waals surface area contributed by atoms with E-state index < -0.39 is 11.6 Å². The first kappa shape index (κ1) is 16.2. The molecule has 2 aromatic heterocycles. The first-order valence-corrected chi connectivity index (χ1v) is 8.12. The van der Waals surface area contributed by atoms with E-state index in [1.165, 1.54) is 18.2 Å². The van der Waals surface area contributed by atoms with Gasteiger partial charge < -0.3 is 5.32 Å². The van der Waals surface area contributed by atoms with E-state index in [-0.39, 0.29) is 21.8 Å². The molecule has 0 radical (unpaired) electrons. The lowest BCUT2D eigenvalue weighted by Crippen LogP contribution is -2.13. The summed E-state index contributed by atoms with van der Waals surface area (Å²) < 4.78 is 24.4. The molecule has 0 aliphatic rings. The normalized spacial score (nSPS) is 10.8. The second-order valence-electron chi connectivity index (χ2n) is 5.16. The van der Waals surface area contributed by atoms with Crippen molar-refractivity contribution in [3.05, 3.63) is 69.4 Å². The number of hydrogen-bond acceptors (Lipinski definition) is 7. The molecule has 10 heteroatoms. The predicted octanol–water partition coefficient (Wildman–Crippen LogP) is 3.52. The molecule has 1 N–H and O–H groups in total. The predicted molar refractivity (Wildman–Crippen MR) is 92.8 cm³/mol. The highest BCUT2D eigenvalue weighted by atomic mass is 79.9. The third kappa shape index (κ3) is 2.90. The molecule has 2 heterocycles. The zero-order valence-corrected chi connectivity index (χ0v) is 14.5. The number of aromatic nitrogens is 4. The molecule has 4 rings (SSSR count). The van der Waals surface area contributed by atoms with Gasteiger partial charge in [0.15, 0.2) is 5.69 Å². The minimum atomic E-state index is -0.757. The van der Waals surface area contributed by atoms with Crippen molar-refractivity contribution in [1.82, 2.24) is 20.0 Å². The minimum Gasteiger partial charge on any atom is -0.335 e. The van der Waals surface area contributed by atoms with Crippen LogP contribution in [0.15, 0.2) is 67.0 Å². The lowest BCUT2D eigenvalue weighted by atomic mass is 10.3. The smallest absolute Gasteiger partial charge is 0.335 e. The molecule has 0 fully saturated rings. The number of para-hydroxylation sites is 1. The molecule has 26 heavy (non-hydrogen) atoms. The van der Waals surface area contributed by atoms with Crippen molar-refractivity contribution >= 4 is 27.4 Å². The Morgan fingerprint density at radius 1 is 1.08 bits per heavy atom.